The van der Waals surface area contributed by atoms with Gasteiger partial charge in [0, 0.05) is 5.69 Å². The van der Waals surface area contributed by atoms with Gasteiger partial charge in [-0.3, -0.25) is 4.79 Å². The van der Waals surface area contributed by atoms with Gasteiger partial charge >= 0.3 is 0 Å². The van der Waals surface area contributed by atoms with Crippen LogP contribution in [0.4, 0.5) is 5.69 Å². The Balaban J connectivity index is 2.73. The molecule has 1 rings (SSSR count). The molecule has 1 aromatic rings. The minimum atomic E-state index is -0.475. The first-order valence-corrected chi connectivity index (χ1v) is 6.20. The number of carbonyl (C=O) groups is 1. The maximum absolute atomic E-state index is 11.9. The van der Waals surface area contributed by atoms with Crippen LogP contribution >= 0.6 is 0 Å². The highest BCUT2D eigenvalue weighted by Gasteiger charge is 2.19. The second-order valence-electron chi connectivity index (χ2n) is 4.58. The van der Waals surface area contributed by atoms with Crippen LogP contribution in [-0.4, -0.2) is 19.1 Å². The Bertz CT molecular complexity index is 418. The predicted octanol–water partition coefficient (Wildman–Crippen LogP) is 2.32. The number of anilines is 1. The second kappa shape index (κ2) is 6.40. The fourth-order valence-electron chi connectivity index (χ4n) is 1.69. The van der Waals surface area contributed by atoms with Crippen molar-refractivity contribution >= 4 is 11.6 Å². The Morgan fingerprint density at radius 2 is 2.17 bits per heavy atom. The maximum Gasteiger partial charge on any atom is 0.241 e. The molecule has 0 heterocycles. The summed E-state index contributed by atoms with van der Waals surface area (Å²) in [5.41, 5.74) is 7.60. The summed E-state index contributed by atoms with van der Waals surface area (Å²) >= 11 is 0. The minimum absolute atomic E-state index is 0.145. The first-order valence-electron chi connectivity index (χ1n) is 6.20. The van der Waals surface area contributed by atoms with Crippen molar-refractivity contribution in [3.8, 4) is 5.75 Å². The zero-order chi connectivity index (χ0) is 13.7. The number of methoxy groups -OCH3 is 1. The van der Waals surface area contributed by atoms with Crippen molar-refractivity contribution in [2.75, 3.05) is 12.4 Å². The molecule has 0 radical (unpaired) electrons. The van der Waals surface area contributed by atoms with E-state index in [0.29, 0.717) is 0 Å². The summed E-state index contributed by atoms with van der Waals surface area (Å²) in [6.45, 7) is 5.93. The van der Waals surface area contributed by atoms with Gasteiger partial charge in [0.15, 0.2) is 0 Å². The lowest BCUT2D eigenvalue weighted by atomic mass is 9.99. The summed E-state index contributed by atoms with van der Waals surface area (Å²) in [5.74, 6) is 0.831. The smallest absolute Gasteiger partial charge is 0.241 e. The molecule has 0 saturated carbocycles. The van der Waals surface area contributed by atoms with E-state index in [0.717, 1.165) is 23.4 Å². The molecule has 0 saturated heterocycles. The minimum Gasteiger partial charge on any atom is -0.496 e. The predicted molar refractivity (Wildman–Crippen MR) is 73.8 cm³/mol. The molecule has 0 fully saturated rings. The number of nitrogens with two attached hydrogens (primary N) is 1. The number of hydrogen-bond donors (Lipinski definition) is 2. The molecule has 2 unspecified atom stereocenters. The lowest BCUT2D eigenvalue weighted by Gasteiger charge is -2.18. The van der Waals surface area contributed by atoms with E-state index in [9.17, 15) is 4.79 Å². The molecule has 0 aliphatic carbocycles. The van der Waals surface area contributed by atoms with Gasteiger partial charge < -0.3 is 15.8 Å². The summed E-state index contributed by atoms with van der Waals surface area (Å²) in [5, 5.41) is 2.83. The van der Waals surface area contributed by atoms with Gasteiger partial charge in [-0.25, -0.2) is 0 Å². The maximum atomic E-state index is 11.9. The molecule has 1 amide bonds. The van der Waals surface area contributed by atoms with Gasteiger partial charge in [0.1, 0.15) is 5.75 Å². The monoisotopic (exact) mass is 250 g/mol. The highest BCUT2D eigenvalue weighted by atomic mass is 16.5. The summed E-state index contributed by atoms with van der Waals surface area (Å²) in [7, 11) is 1.62. The molecule has 0 aliphatic rings. The van der Waals surface area contributed by atoms with Gasteiger partial charge in [-0.2, -0.15) is 0 Å². The summed E-state index contributed by atoms with van der Waals surface area (Å²) < 4.78 is 5.17. The molecule has 4 nitrogen and oxygen atoms in total. The van der Waals surface area contributed by atoms with E-state index in [1.165, 1.54) is 0 Å². The highest BCUT2D eigenvalue weighted by Crippen LogP contribution is 2.21. The molecular weight excluding hydrogens is 228 g/mol. The third-order valence-corrected chi connectivity index (χ3v) is 3.22. The van der Waals surface area contributed by atoms with Crippen LogP contribution in [0.5, 0.6) is 5.75 Å². The van der Waals surface area contributed by atoms with Crippen molar-refractivity contribution in [2.24, 2.45) is 11.7 Å². The van der Waals surface area contributed by atoms with Crippen molar-refractivity contribution in [3.05, 3.63) is 23.8 Å². The molecule has 0 spiro atoms. The number of hydrogen-bond acceptors (Lipinski definition) is 3. The van der Waals surface area contributed by atoms with E-state index < -0.39 is 6.04 Å². The van der Waals surface area contributed by atoms with Crippen LogP contribution in [0.1, 0.15) is 25.8 Å². The number of benzene rings is 1. The normalized spacial score (nSPS) is 13.8. The topological polar surface area (TPSA) is 64.4 Å². The summed E-state index contributed by atoms with van der Waals surface area (Å²) in [4.78, 5) is 11.9. The van der Waals surface area contributed by atoms with Crippen molar-refractivity contribution in [3.63, 3.8) is 0 Å². The van der Waals surface area contributed by atoms with Crippen molar-refractivity contribution < 1.29 is 9.53 Å². The molecule has 0 aromatic heterocycles. The highest BCUT2D eigenvalue weighted by molar-refractivity contribution is 5.95. The van der Waals surface area contributed by atoms with Crippen LogP contribution < -0.4 is 15.8 Å². The number of rotatable bonds is 5. The van der Waals surface area contributed by atoms with Crippen LogP contribution in [0, 0.1) is 12.8 Å². The molecule has 100 valence electrons. The van der Waals surface area contributed by atoms with E-state index in [2.05, 4.69) is 5.32 Å². The molecule has 4 heteroatoms. The standard InChI is InChI=1S/C14H22N2O2/c1-5-9(2)13(15)14(17)16-11-6-7-12(18-4)10(3)8-11/h6-9,13H,5,15H2,1-4H3,(H,16,17). The van der Waals surface area contributed by atoms with Gasteiger partial charge in [0.25, 0.3) is 0 Å². The Labute approximate surface area is 109 Å². The first kappa shape index (κ1) is 14.5. The average Bonchev–Trinajstić information content (AvgIpc) is 2.37. The van der Waals surface area contributed by atoms with Crippen molar-refractivity contribution in [1.29, 1.82) is 0 Å². The molecule has 0 aliphatic heterocycles. The van der Waals surface area contributed by atoms with Crippen LogP contribution in [0.25, 0.3) is 0 Å². The number of ether oxygens (including phenoxy) is 1. The van der Waals surface area contributed by atoms with E-state index in [1.807, 2.05) is 39.0 Å². The fourth-order valence-corrected chi connectivity index (χ4v) is 1.69. The van der Waals surface area contributed by atoms with E-state index in [-0.39, 0.29) is 11.8 Å². The van der Waals surface area contributed by atoms with Gasteiger partial charge in [-0.1, -0.05) is 20.3 Å². The molecule has 0 bridgehead atoms. The molecule has 18 heavy (non-hydrogen) atoms. The van der Waals surface area contributed by atoms with Crippen LogP contribution in [0.15, 0.2) is 18.2 Å². The molecule has 3 N–H and O–H groups in total. The number of nitrogens with one attached hydrogen (secondary N) is 1. The third kappa shape index (κ3) is 3.47. The summed E-state index contributed by atoms with van der Waals surface area (Å²) in [6, 6.07) is 5.05. The lowest BCUT2D eigenvalue weighted by molar-refractivity contribution is -0.118. The second-order valence-corrected chi connectivity index (χ2v) is 4.58. The van der Waals surface area contributed by atoms with Gasteiger partial charge in [-0.15, -0.1) is 0 Å². The van der Waals surface area contributed by atoms with Crippen molar-refractivity contribution in [2.45, 2.75) is 33.2 Å². The first-order chi connectivity index (χ1) is 8.49. The number of carbonyl (C=O) groups excluding carboxylic acids is 1. The fraction of sp³-hybridized carbons (Fsp3) is 0.500. The number of amides is 1. The van der Waals surface area contributed by atoms with Gasteiger partial charge in [-0.05, 0) is 36.6 Å². The Hall–Kier alpha value is -1.55. The van der Waals surface area contributed by atoms with Gasteiger partial charge in [0.2, 0.25) is 5.91 Å². The number of aryl methyl sites for hydroxylation is 1. The average molecular weight is 250 g/mol. The quantitative estimate of drug-likeness (QED) is 0.843. The zero-order valence-electron chi connectivity index (χ0n) is 11.5. The van der Waals surface area contributed by atoms with Crippen LogP contribution in [-0.2, 0) is 4.79 Å². The van der Waals surface area contributed by atoms with E-state index in [1.54, 1.807) is 7.11 Å². The van der Waals surface area contributed by atoms with E-state index >= 15 is 0 Å². The molecule has 1 aromatic carbocycles. The molecule has 2 atom stereocenters. The third-order valence-electron chi connectivity index (χ3n) is 3.22. The Morgan fingerprint density at radius 1 is 1.50 bits per heavy atom. The summed E-state index contributed by atoms with van der Waals surface area (Å²) in [6.07, 6.45) is 0.885. The van der Waals surface area contributed by atoms with Crippen LogP contribution in [0.2, 0.25) is 0 Å². The van der Waals surface area contributed by atoms with E-state index in [4.69, 9.17) is 10.5 Å². The zero-order valence-corrected chi connectivity index (χ0v) is 11.5. The lowest BCUT2D eigenvalue weighted by Crippen LogP contribution is -2.40. The molecular formula is C14H22N2O2. The Morgan fingerprint density at radius 3 is 2.67 bits per heavy atom. The SMILES string of the molecule is CCC(C)C(N)C(=O)Nc1ccc(OC)c(C)c1. The van der Waals surface area contributed by atoms with Crippen LogP contribution in [0.3, 0.4) is 0 Å². The van der Waals surface area contributed by atoms with Gasteiger partial charge in [0.05, 0.1) is 13.2 Å². The Kier molecular flexibility index (Phi) is 5.16. The largest absolute Gasteiger partial charge is 0.496 e. The van der Waals surface area contributed by atoms with Crippen molar-refractivity contribution in [1.82, 2.24) is 0 Å².